The van der Waals surface area contributed by atoms with Gasteiger partial charge in [-0.05, 0) is 30.3 Å². The molecule has 6 rings (SSSR count). The number of nitrogens with zero attached hydrogens (tertiary/aromatic N) is 2. The molecule has 2 aromatic carbocycles. The van der Waals surface area contributed by atoms with Crippen LogP contribution in [0.15, 0.2) is 36.4 Å². The molecule has 7 nitrogen and oxygen atoms in total. The second kappa shape index (κ2) is 7.45. The van der Waals surface area contributed by atoms with E-state index in [0.717, 1.165) is 34.3 Å². The minimum absolute atomic E-state index is 0.0282. The number of amides is 2. The van der Waals surface area contributed by atoms with Gasteiger partial charge in [0, 0.05) is 71.4 Å². The zero-order chi connectivity index (χ0) is 21.8. The molecule has 0 saturated carbocycles. The number of H-pyrrole nitrogens is 1. The highest BCUT2D eigenvalue weighted by Gasteiger charge is 2.38. The van der Waals surface area contributed by atoms with Crippen molar-refractivity contribution in [3.63, 3.8) is 0 Å². The van der Waals surface area contributed by atoms with Gasteiger partial charge >= 0.3 is 0 Å². The Morgan fingerprint density at radius 2 is 1.94 bits per heavy atom. The second-order valence-corrected chi connectivity index (χ2v) is 8.95. The van der Waals surface area contributed by atoms with E-state index in [0.29, 0.717) is 49.4 Å². The lowest BCUT2D eigenvalue weighted by Gasteiger charge is -2.29. The van der Waals surface area contributed by atoms with Crippen LogP contribution >= 0.6 is 11.6 Å². The van der Waals surface area contributed by atoms with Gasteiger partial charge in [-0.15, -0.1) is 0 Å². The molecule has 4 heterocycles. The first-order valence-corrected chi connectivity index (χ1v) is 11.2. The number of nitrogens with one attached hydrogen (secondary N) is 1. The monoisotopic (exact) mass is 451 g/mol. The fourth-order valence-electron chi connectivity index (χ4n) is 4.96. The van der Waals surface area contributed by atoms with Crippen molar-refractivity contribution in [3.8, 4) is 11.5 Å². The Labute approximate surface area is 189 Å². The minimum atomic E-state index is -0.356. The predicted octanol–water partition coefficient (Wildman–Crippen LogP) is 3.53. The molecule has 0 spiro atoms. The zero-order valence-corrected chi connectivity index (χ0v) is 18.2. The van der Waals surface area contributed by atoms with Crippen LogP contribution in [0.4, 0.5) is 5.69 Å². The Hall–Kier alpha value is -3.19. The van der Waals surface area contributed by atoms with Gasteiger partial charge in [0.05, 0.1) is 5.92 Å². The van der Waals surface area contributed by atoms with Gasteiger partial charge in [-0.1, -0.05) is 11.6 Å². The van der Waals surface area contributed by atoms with Crippen molar-refractivity contribution in [2.75, 3.05) is 31.2 Å². The van der Waals surface area contributed by atoms with E-state index in [2.05, 4.69) is 4.98 Å². The molecule has 0 bridgehead atoms. The molecule has 1 N–H and O–H groups in total. The van der Waals surface area contributed by atoms with Gasteiger partial charge in [0.25, 0.3) is 0 Å². The van der Waals surface area contributed by atoms with E-state index in [9.17, 15) is 9.59 Å². The summed E-state index contributed by atoms with van der Waals surface area (Å²) in [7, 11) is 0. The average Bonchev–Trinajstić information content (AvgIpc) is 3.38. The van der Waals surface area contributed by atoms with Crippen LogP contribution < -0.4 is 14.4 Å². The number of ether oxygens (including phenoxy) is 2. The number of hydrogen-bond acceptors (Lipinski definition) is 4. The summed E-state index contributed by atoms with van der Waals surface area (Å²) in [4.78, 5) is 33.1. The molecule has 32 heavy (non-hydrogen) atoms. The summed E-state index contributed by atoms with van der Waals surface area (Å²) in [5.41, 5.74) is 4.05. The summed E-state index contributed by atoms with van der Waals surface area (Å²) in [6.07, 6.45) is 0.982. The zero-order valence-electron chi connectivity index (χ0n) is 17.4. The van der Waals surface area contributed by atoms with E-state index in [-0.39, 0.29) is 24.2 Å². The number of hydrogen-bond donors (Lipinski definition) is 1. The summed E-state index contributed by atoms with van der Waals surface area (Å²) >= 11 is 6.20. The Morgan fingerprint density at radius 1 is 1.09 bits per heavy atom. The van der Waals surface area contributed by atoms with E-state index in [1.165, 1.54) is 0 Å². The van der Waals surface area contributed by atoms with Crippen LogP contribution in [-0.4, -0.2) is 48.0 Å². The van der Waals surface area contributed by atoms with Crippen LogP contribution in [0.1, 0.15) is 17.7 Å². The first-order valence-electron chi connectivity index (χ1n) is 10.8. The number of aromatic nitrogens is 1. The lowest BCUT2D eigenvalue weighted by molar-refractivity contribution is -0.136. The third-order valence-corrected chi connectivity index (χ3v) is 6.80. The molecule has 1 atom stereocenters. The molecular formula is C24H22ClN3O4. The van der Waals surface area contributed by atoms with Gasteiger partial charge in [-0.2, -0.15) is 0 Å². The summed E-state index contributed by atoms with van der Waals surface area (Å²) in [6, 6.07) is 11.3. The van der Waals surface area contributed by atoms with Crippen LogP contribution in [0.5, 0.6) is 11.5 Å². The number of carbonyl (C=O) groups excluding carboxylic acids is 2. The molecule has 1 saturated heterocycles. The van der Waals surface area contributed by atoms with Crippen molar-refractivity contribution >= 4 is 40.0 Å². The van der Waals surface area contributed by atoms with Crippen LogP contribution in [0.25, 0.3) is 10.9 Å². The van der Waals surface area contributed by atoms with E-state index in [1.54, 1.807) is 4.90 Å². The van der Waals surface area contributed by atoms with Gasteiger partial charge in [-0.3, -0.25) is 9.59 Å². The van der Waals surface area contributed by atoms with Crippen molar-refractivity contribution in [2.45, 2.75) is 19.4 Å². The van der Waals surface area contributed by atoms with Crippen molar-refractivity contribution in [3.05, 3.63) is 52.7 Å². The van der Waals surface area contributed by atoms with Crippen LogP contribution in [0.3, 0.4) is 0 Å². The Balaban J connectivity index is 1.21. The van der Waals surface area contributed by atoms with Gasteiger partial charge in [0.15, 0.2) is 11.5 Å². The van der Waals surface area contributed by atoms with Crippen molar-refractivity contribution < 1.29 is 19.1 Å². The van der Waals surface area contributed by atoms with Crippen LogP contribution in [0, 0.1) is 5.92 Å². The fraction of sp³-hybridized carbons (Fsp3) is 0.333. The number of halogens is 1. The maximum Gasteiger partial charge on any atom is 0.228 e. The predicted molar refractivity (Wildman–Crippen MR) is 120 cm³/mol. The number of benzene rings is 2. The van der Waals surface area contributed by atoms with Crippen molar-refractivity contribution in [2.24, 2.45) is 5.92 Å². The molecule has 3 aliphatic heterocycles. The van der Waals surface area contributed by atoms with Gasteiger partial charge in [-0.25, -0.2) is 0 Å². The lowest BCUT2D eigenvalue weighted by atomic mass is 10.0. The third-order valence-electron chi connectivity index (χ3n) is 6.56. The van der Waals surface area contributed by atoms with E-state index < -0.39 is 0 Å². The van der Waals surface area contributed by atoms with Gasteiger partial charge in [0.1, 0.15) is 13.2 Å². The molecule has 3 aliphatic rings. The van der Waals surface area contributed by atoms with Gasteiger partial charge in [0.2, 0.25) is 11.8 Å². The van der Waals surface area contributed by atoms with Gasteiger partial charge < -0.3 is 24.3 Å². The first kappa shape index (κ1) is 19.5. The Bertz CT molecular complexity index is 1250. The molecule has 3 aromatic rings. The van der Waals surface area contributed by atoms with Crippen LogP contribution in [-0.2, 0) is 22.6 Å². The third kappa shape index (κ3) is 3.19. The summed E-state index contributed by atoms with van der Waals surface area (Å²) in [5.74, 6) is 0.947. The highest BCUT2D eigenvalue weighted by molar-refractivity contribution is 6.31. The molecule has 1 unspecified atom stereocenters. The van der Waals surface area contributed by atoms with Crippen molar-refractivity contribution in [1.29, 1.82) is 0 Å². The van der Waals surface area contributed by atoms with E-state index in [4.69, 9.17) is 21.1 Å². The Kier molecular flexibility index (Phi) is 4.54. The fourth-order valence-corrected chi connectivity index (χ4v) is 5.13. The standard InChI is InChI=1S/C24H22ClN3O4/c25-15-1-3-19-17(10-15)18-13-27(6-5-20(18)26-19)24(30)14-9-23(29)28(12-14)16-2-4-21-22(11-16)32-8-7-31-21/h1-4,10-11,14,26H,5-9,12-13H2. The average molecular weight is 452 g/mol. The largest absolute Gasteiger partial charge is 0.486 e. The summed E-state index contributed by atoms with van der Waals surface area (Å²) < 4.78 is 11.2. The minimum Gasteiger partial charge on any atom is -0.486 e. The summed E-state index contributed by atoms with van der Waals surface area (Å²) in [5, 5.41) is 1.74. The number of anilines is 1. The van der Waals surface area contributed by atoms with Crippen LogP contribution in [0.2, 0.25) is 5.02 Å². The second-order valence-electron chi connectivity index (χ2n) is 8.52. The Morgan fingerprint density at radius 3 is 2.81 bits per heavy atom. The molecule has 1 fully saturated rings. The topological polar surface area (TPSA) is 74.9 Å². The molecule has 2 amide bonds. The molecular weight excluding hydrogens is 430 g/mol. The molecule has 8 heteroatoms. The maximum atomic E-state index is 13.4. The van der Waals surface area contributed by atoms with Crippen molar-refractivity contribution in [1.82, 2.24) is 9.88 Å². The highest BCUT2D eigenvalue weighted by atomic mass is 35.5. The summed E-state index contributed by atoms with van der Waals surface area (Å²) in [6.45, 7) is 2.55. The number of fused-ring (bicyclic) bond motifs is 4. The molecule has 1 aromatic heterocycles. The molecule has 164 valence electrons. The number of carbonyl (C=O) groups is 2. The maximum absolute atomic E-state index is 13.4. The molecule has 0 aliphatic carbocycles. The SMILES string of the molecule is O=C(C1CC(=O)N(c2ccc3c(c2)OCCO3)C1)N1CCc2[nH]c3ccc(Cl)cc3c2C1. The quantitative estimate of drug-likeness (QED) is 0.646. The highest BCUT2D eigenvalue weighted by Crippen LogP contribution is 2.37. The van der Waals surface area contributed by atoms with E-state index >= 15 is 0 Å². The normalized spacial score (nSPS) is 20.0. The number of rotatable bonds is 2. The van der Waals surface area contributed by atoms with E-state index in [1.807, 2.05) is 41.3 Å². The number of aromatic amines is 1. The first-order chi connectivity index (χ1) is 15.6. The molecule has 0 radical (unpaired) electrons. The smallest absolute Gasteiger partial charge is 0.228 e. The lowest BCUT2D eigenvalue weighted by Crippen LogP contribution is -2.40.